The van der Waals surface area contributed by atoms with Gasteiger partial charge in [0.05, 0.1) is 5.52 Å². The molecule has 0 amide bonds. The molecule has 0 spiro atoms. The molecule has 1 aromatic carbocycles. The van der Waals surface area contributed by atoms with Crippen molar-refractivity contribution in [1.29, 1.82) is 0 Å². The first-order chi connectivity index (χ1) is 9.65. The maximum atomic E-state index is 14.0. The van der Waals surface area contributed by atoms with Crippen molar-refractivity contribution >= 4 is 29.0 Å². The van der Waals surface area contributed by atoms with E-state index in [1.165, 1.54) is 0 Å². The van der Waals surface area contributed by atoms with Gasteiger partial charge in [0.2, 0.25) is 0 Å². The van der Waals surface area contributed by atoms with Crippen molar-refractivity contribution in [2.45, 2.75) is 26.3 Å². The number of hydrogen-bond acceptors (Lipinski definition) is 3. The summed E-state index contributed by atoms with van der Waals surface area (Å²) in [4.78, 5) is 4.31. The Morgan fingerprint density at radius 1 is 1.38 bits per heavy atom. The van der Waals surface area contributed by atoms with Gasteiger partial charge in [0, 0.05) is 35.4 Å². The number of hydrogen-bond donors (Lipinski definition) is 2. The van der Waals surface area contributed by atoms with Gasteiger partial charge in [-0.05, 0) is 44.0 Å². The summed E-state index contributed by atoms with van der Waals surface area (Å²) in [7, 11) is 0. The third kappa shape index (κ3) is 3.27. The smallest absolute Gasteiger partial charge is 0.130 e. The van der Waals surface area contributed by atoms with Crippen LogP contribution in [0.2, 0.25) is 0 Å². The lowest BCUT2D eigenvalue weighted by molar-refractivity contribution is 0.378. The Kier molecular flexibility index (Phi) is 5.01. The van der Waals surface area contributed by atoms with E-state index in [0.29, 0.717) is 17.5 Å². The van der Waals surface area contributed by atoms with Gasteiger partial charge in [-0.25, -0.2) is 4.39 Å². The molecule has 1 saturated heterocycles. The number of aryl methyl sites for hydroxylation is 1. The number of pyridine rings is 1. The fourth-order valence-corrected chi connectivity index (χ4v) is 2.95. The topological polar surface area (TPSA) is 37.0 Å². The maximum Gasteiger partial charge on any atom is 0.130 e. The van der Waals surface area contributed by atoms with Crippen LogP contribution in [0.5, 0.6) is 0 Å². The van der Waals surface area contributed by atoms with E-state index in [4.69, 9.17) is 0 Å². The van der Waals surface area contributed by atoms with Crippen molar-refractivity contribution in [2.75, 3.05) is 18.4 Å². The van der Waals surface area contributed by atoms with E-state index in [9.17, 15) is 4.39 Å². The van der Waals surface area contributed by atoms with E-state index in [-0.39, 0.29) is 18.2 Å². The lowest BCUT2D eigenvalue weighted by Gasteiger charge is -2.29. The van der Waals surface area contributed by atoms with Crippen LogP contribution in [0.3, 0.4) is 0 Å². The zero-order valence-corrected chi connectivity index (χ0v) is 13.1. The van der Waals surface area contributed by atoms with Crippen molar-refractivity contribution in [3.05, 3.63) is 35.8 Å². The molecule has 2 heterocycles. The summed E-state index contributed by atoms with van der Waals surface area (Å²) >= 11 is 0. The minimum Gasteiger partial charge on any atom is -0.380 e. The van der Waals surface area contributed by atoms with Gasteiger partial charge >= 0.3 is 0 Å². The average Bonchev–Trinajstić information content (AvgIpc) is 2.45. The number of anilines is 1. The van der Waals surface area contributed by atoms with Gasteiger partial charge in [0.1, 0.15) is 5.82 Å². The summed E-state index contributed by atoms with van der Waals surface area (Å²) in [6.45, 7) is 5.99. The summed E-state index contributed by atoms with van der Waals surface area (Å²) in [6.07, 6.45) is 2.81. The molecular formula is C16H21ClFN3. The van der Waals surface area contributed by atoms with Crippen LogP contribution in [0.15, 0.2) is 24.4 Å². The van der Waals surface area contributed by atoms with Crippen LogP contribution in [0.25, 0.3) is 10.9 Å². The molecule has 2 N–H and O–H groups in total. The number of nitrogens with zero attached hydrogens (tertiary/aromatic N) is 1. The Morgan fingerprint density at radius 3 is 2.95 bits per heavy atom. The van der Waals surface area contributed by atoms with E-state index in [1.807, 2.05) is 12.1 Å². The molecule has 0 unspecified atom stereocenters. The van der Waals surface area contributed by atoms with E-state index < -0.39 is 0 Å². The van der Waals surface area contributed by atoms with Crippen molar-refractivity contribution < 1.29 is 4.39 Å². The number of aromatic nitrogens is 1. The first kappa shape index (κ1) is 16.0. The molecule has 1 aliphatic rings. The predicted octanol–water partition coefficient (Wildman–Crippen LogP) is 3.51. The number of rotatable bonds is 2. The number of halogens is 2. The summed E-state index contributed by atoms with van der Waals surface area (Å²) in [6, 6.07) is 5.83. The largest absolute Gasteiger partial charge is 0.380 e. The fraction of sp³-hybridized carbons (Fsp3) is 0.438. The Bertz CT molecular complexity index is 632. The Labute approximate surface area is 130 Å². The lowest BCUT2D eigenvalue weighted by atomic mass is 9.97. The van der Waals surface area contributed by atoms with E-state index >= 15 is 0 Å². The van der Waals surface area contributed by atoms with Crippen LogP contribution < -0.4 is 10.6 Å². The van der Waals surface area contributed by atoms with Gasteiger partial charge in [0.15, 0.2) is 0 Å². The number of benzene rings is 1. The van der Waals surface area contributed by atoms with Gasteiger partial charge in [-0.3, -0.25) is 4.98 Å². The highest BCUT2D eigenvalue weighted by atomic mass is 35.5. The minimum atomic E-state index is -0.199. The molecule has 1 aromatic heterocycles. The van der Waals surface area contributed by atoms with Crippen molar-refractivity contribution in [1.82, 2.24) is 10.3 Å². The second-order valence-corrected chi connectivity index (χ2v) is 5.77. The predicted molar refractivity (Wildman–Crippen MR) is 87.7 cm³/mol. The molecule has 2 atom stereocenters. The lowest BCUT2D eigenvalue weighted by Crippen LogP contribution is -2.42. The van der Waals surface area contributed by atoms with Crippen LogP contribution in [0.4, 0.5) is 10.1 Å². The normalized spacial score (nSPS) is 21.9. The molecular weight excluding hydrogens is 289 g/mol. The van der Waals surface area contributed by atoms with Gasteiger partial charge in [0.25, 0.3) is 0 Å². The monoisotopic (exact) mass is 309 g/mol. The van der Waals surface area contributed by atoms with Crippen LogP contribution in [-0.2, 0) is 0 Å². The van der Waals surface area contributed by atoms with Crippen molar-refractivity contribution in [3.63, 3.8) is 0 Å². The van der Waals surface area contributed by atoms with E-state index in [2.05, 4.69) is 22.5 Å². The SMILES string of the molecule is Cc1c(F)cc(N[C@H]2CNC[C@@H](C)C2)c2cccnc12.Cl. The Balaban J connectivity index is 0.00000161. The van der Waals surface area contributed by atoms with Gasteiger partial charge < -0.3 is 10.6 Å². The second kappa shape index (κ2) is 6.58. The molecule has 0 bridgehead atoms. The second-order valence-electron chi connectivity index (χ2n) is 5.77. The Hall–Kier alpha value is -1.39. The third-order valence-corrected chi connectivity index (χ3v) is 4.01. The summed E-state index contributed by atoms with van der Waals surface area (Å²) < 4.78 is 14.0. The molecule has 0 aliphatic carbocycles. The Morgan fingerprint density at radius 2 is 2.19 bits per heavy atom. The average molecular weight is 310 g/mol. The highest BCUT2D eigenvalue weighted by Crippen LogP contribution is 2.28. The molecule has 0 saturated carbocycles. The van der Waals surface area contributed by atoms with Crippen LogP contribution >= 0.6 is 12.4 Å². The highest BCUT2D eigenvalue weighted by molar-refractivity contribution is 5.93. The van der Waals surface area contributed by atoms with Gasteiger partial charge in [-0.15, -0.1) is 12.4 Å². The summed E-state index contributed by atoms with van der Waals surface area (Å²) in [5, 5.41) is 7.88. The van der Waals surface area contributed by atoms with Crippen molar-refractivity contribution in [3.8, 4) is 0 Å². The fourth-order valence-electron chi connectivity index (χ4n) is 2.95. The van der Waals surface area contributed by atoms with Crippen LogP contribution in [0, 0.1) is 18.7 Å². The van der Waals surface area contributed by atoms with E-state index in [1.54, 1.807) is 19.2 Å². The van der Waals surface area contributed by atoms with Crippen LogP contribution in [-0.4, -0.2) is 24.1 Å². The standard InChI is InChI=1S/C16H20FN3.ClH/c1-10-6-12(9-18-8-10)20-15-7-14(17)11(2)16-13(15)4-3-5-19-16;/h3-5,7,10,12,18,20H,6,8-9H2,1-2H3;1H/t10-,12+;/m0./s1. The van der Waals surface area contributed by atoms with Crippen molar-refractivity contribution in [2.24, 2.45) is 5.92 Å². The molecule has 0 radical (unpaired) electrons. The molecule has 114 valence electrons. The minimum absolute atomic E-state index is 0. The van der Waals surface area contributed by atoms with E-state index in [0.717, 1.165) is 36.1 Å². The maximum absolute atomic E-state index is 14.0. The van der Waals surface area contributed by atoms with Crippen LogP contribution in [0.1, 0.15) is 18.9 Å². The quantitative estimate of drug-likeness (QED) is 0.891. The number of piperidine rings is 1. The number of nitrogens with one attached hydrogen (secondary N) is 2. The summed E-state index contributed by atoms with van der Waals surface area (Å²) in [5.41, 5.74) is 2.20. The molecule has 3 rings (SSSR count). The first-order valence-corrected chi connectivity index (χ1v) is 7.16. The highest BCUT2D eigenvalue weighted by Gasteiger charge is 2.19. The molecule has 5 heteroatoms. The molecule has 2 aromatic rings. The molecule has 21 heavy (non-hydrogen) atoms. The zero-order chi connectivity index (χ0) is 14.1. The molecule has 1 aliphatic heterocycles. The third-order valence-electron chi connectivity index (χ3n) is 4.01. The molecule has 1 fully saturated rings. The summed E-state index contributed by atoms with van der Waals surface area (Å²) in [5.74, 6) is 0.441. The zero-order valence-electron chi connectivity index (χ0n) is 12.3. The molecule has 3 nitrogen and oxygen atoms in total. The van der Waals surface area contributed by atoms with Gasteiger partial charge in [-0.1, -0.05) is 6.92 Å². The number of fused-ring (bicyclic) bond motifs is 1. The first-order valence-electron chi connectivity index (χ1n) is 7.16. The van der Waals surface area contributed by atoms with Gasteiger partial charge in [-0.2, -0.15) is 0 Å².